The largest absolute Gasteiger partial charge is 0.444 e. The highest BCUT2D eigenvalue weighted by molar-refractivity contribution is 14.0. The van der Waals surface area contributed by atoms with Crippen molar-refractivity contribution in [3.63, 3.8) is 0 Å². The van der Waals surface area contributed by atoms with Crippen LogP contribution in [0.1, 0.15) is 60.3 Å². The van der Waals surface area contributed by atoms with Crippen molar-refractivity contribution in [2.45, 2.75) is 78.0 Å². The van der Waals surface area contributed by atoms with Gasteiger partial charge < -0.3 is 20.3 Å². The third-order valence-corrected chi connectivity index (χ3v) is 4.41. The van der Waals surface area contributed by atoms with Crippen LogP contribution in [0.15, 0.2) is 4.99 Å². The number of likely N-dealkylation sites (tertiary alicyclic amines) is 1. The summed E-state index contributed by atoms with van der Waals surface area (Å²) in [6.45, 7) is 12.4. The lowest BCUT2D eigenvalue weighted by Gasteiger charge is -2.24. The third kappa shape index (κ3) is 7.58. The Kier molecular flexibility index (Phi) is 8.77. The summed E-state index contributed by atoms with van der Waals surface area (Å²) in [5, 5.41) is 6.59. The van der Waals surface area contributed by atoms with E-state index in [1.807, 2.05) is 20.8 Å². The molecular formula is C18H35IN4O2. The first kappa shape index (κ1) is 22.3. The van der Waals surface area contributed by atoms with Crippen LogP contribution in [0.25, 0.3) is 0 Å². The van der Waals surface area contributed by atoms with Crippen LogP contribution < -0.4 is 10.6 Å². The van der Waals surface area contributed by atoms with E-state index in [1.165, 1.54) is 19.3 Å². The standard InChI is InChI=1S/C18H34N4O2.HI/c1-6-8-13-11-15(13)21-16(19-7-2)22-10-9-14(12-22)20-17(23)24-18(3,4)5;/h13-15H,6-12H2,1-5H3,(H,19,21)(H,20,23);1H. The van der Waals surface area contributed by atoms with Crippen LogP contribution in [-0.4, -0.2) is 54.3 Å². The number of hydrogen-bond donors (Lipinski definition) is 2. The van der Waals surface area contributed by atoms with Gasteiger partial charge in [-0.15, -0.1) is 24.0 Å². The minimum absolute atomic E-state index is 0. The molecule has 3 unspecified atom stereocenters. The average molecular weight is 466 g/mol. The molecule has 7 heteroatoms. The molecule has 0 aromatic rings. The number of carbonyl (C=O) groups is 1. The molecule has 2 fully saturated rings. The first-order valence-corrected chi connectivity index (χ1v) is 9.37. The highest BCUT2D eigenvalue weighted by Crippen LogP contribution is 2.34. The molecular weight excluding hydrogens is 431 g/mol. The van der Waals surface area contributed by atoms with Gasteiger partial charge in [-0.3, -0.25) is 4.99 Å². The normalized spacial score (nSPS) is 26.0. The Bertz CT molecular complexity index is 464. The molecule has 1 amide bonds. The summed E-state index contributed by atoms with van der Waals surface area (Å²) < 4.78 is 5.34. The summed E-state index contributed by atoms with van der Waals surface area (Å²) in [6, 6.07) is 0.697. The van der Waals surface area contributed by atoms with E-state index in [0.29, 0.717) is 6.04 Å². The van der Waals surface area contributed by atoms with E-state index in [4.69, 9.17) is 4.74 Å². The molecule has 0 aromatic carbocycles. The molecule has 3 atom stereocenters. The fourth-order valence-electron chi connectivity index (χ4n) is 3.21. The lowest BCUT2D eigenvalue weighted by molar-refractivity contribution is 0.0507. The molecule has 0 spiro atoms. The van der Waals surface area contributed by atoms with Crippen LogP contribution >= 0.6 is 24.0 Å². The molecule has 25 heavy (non-hydrogen) atoms. The Morgan fingerprint density at radius 2 is 2.00 bits per heavy atom. The predicted molar refractivity (Wildman–Crippen MR) is 113 cm³/mol. The fourth-order valence-corrected chi connectivity index (χ4v) is 3.21. The van der Waals surface area contributed by atoms with E-state index in [2.05, 4.69) is 34.4 Å². The van der Waals surface area contributed by atoms with Crippen LogP contribution in [0.3, 0.4) is 0 Å². The molecule has 2 aliphatic rings. The first-order valence-electron chi connectivity index (χ1n) is 9.37. The molecule has 0 radical (unpaired) electrons. The lowest BCUT2D eigenvalue weighted by atomic mass is 10.2. The number of amides is 1. The Balaban J connectivity index is 0.00000312. The maximum Gasteiger partial charge on any atom is 0.407 e. The summed E-state index contributed by atoms with van der Waals surface area (Å²) >= 11 is 0. The SMILES string of the molecule is CCCC1CC1NC(=NCC)N1CCC(NC(=O)OC(C)(C)C)C1.I. The molecule has 146 valence electrons. The van der Waals surface area contributed by atoms with E-state index in [1.54, 1.807) is 0 Å². The van der Waals surface area contributed by atoms with Crippen LogP contribution in [0.4, 0.5) is 4.79 Å². The Labute approximate surface area is 169 Å². The summed E-state index contributed by atoms with van der Waals surface area (Å²) in [6.07, 6.45) is 4.38. The fraction of sp³-hybridized carbons (Fsp3) is 0.889. The van der Waals surface area contributed by atoms with Gasteiger partial charge in [0.25, 0.3) is 0 Å². The highest BCUT2D eigenvalue weighted by Gasteiger charge is 2.38. The van der Waals surface area contributed by atoms with E-state index in [-0.39, 0.29) is 36.1 Å². The molecule has 6 nitrogen and oxygen atoms in total. The molecule has 1 heterocycles. The zero-order valence-corrected chi connectivity index (χ0v) is 18.6. The second-order valence-electron chi connectivity index (χ2n) is 7.91. The van der Waals surface area contributed by atoms with Crippen LogP contribution in [0.2, 0.25) is 0 Å². The predicted octanol–water partition coefficient (Wildman–Crippen LogP) is 3.36. The van der Waals surface area contributed by atoms with Gasteiger partial charge in [-0.2, -0.15) is 0 Å². The summed E-state index contributed by atoms with van der Waals surface area (Å²) in [5.74, 6) is 1.80. The molecule has 1 saturated heterocycles. The molecule has 2 N–H and O–H groups in total. The van der Waals surface area contributed by atoms with Crippen molar-refractivity contribution in [1.29, 1.82) is 0 Å². The molecule has 1 aliphatic heterocycles. The van der Waals surface area contributed by atoms with Gasteiger partial charge in [0, 0.05) is 25.7 Å². The minimum Gasteiger partial charge on any atom is -0.444 e. The first-order chi connectivity index (χ1) is 11.3. The molecule has 0 bridgehead atoms. The Morgan fingerprint density at radius 1 is 1.28 bits per heavy atom. The van der Waals surface area contributed by atoms with Gasteiger partial charge in [0.05, 0.1) is 6.04 Å². The number of halogens is 1. The van der Waals surface area contributed by atoms with Crippen molar-refractivity contribution in [3.8, 4) is 0 Å². The van der Waals surface area contributed by atoms with E-state index in [9.17, 15) is 4.79 Å². The van der Waals surface area contributed by atoms with E-state index >= 15 is 0 Å². The number of nitrogens with one attached hydrogen (secondary N) is 2. The van der Waals surface area contributed by atoms with Gasteiger partial charge in [0.1, 0.15) is 5.60 Å². The van der Waals surface area contributed by atoms with Crippen molar-refractivity contribution in [3.05, 3.63) is 0 Å². The Hall–Kier alpha value is -0.730. The zero-order valence-electron chi connectivity index (χ0n) is 16.3. The monoisotopic (exact) mass is 466 g/mol. The quantitative estimate of drug-likeness (QED) is 0.371. The van der Waals surface area contributed by atoms with Crippen molar-refractivity contribution in [2.75, 3.05) is 19.6 Å². The molecule has 1 aliphatic carbocycles. The number of hydrogen-bond acceptors (Lipinski definition) is 3. The minimum atomic E-state index is -0.459. The smallest absolute Gasteiger partial charge is 0.407 e. The maximum absolute atomic E-state index is 11.9. The van der Waals surface area contributed by atoms with Gasteiger partial charge in [0.15, 0.2) is 5.96 Å². The van der Waals surface area contributed by atoms with Gasteiger partial charge in [0.2, 0.25) is 0 Å². The topological polar surface area (TPSA) is 66.0 Å². The lowest BCUT2D eigenvalue weighted by Crippen LogP contribution is -2.45. The van der Waals surface area contributed by atoms with Gasteiger partial charge >= 0.3 is 6.09 Å². The Morgan fingerprint density at radius 3 is 2.60 bits per heavy atom. The van der Waals surface area contributed by atoms with Crippen molar-refractivity contribution in [2.24, 2.45) is 10.9 Å². The average Bonchev–Trinajstić information content (AvgIpc) is 3.01. The van der Waals surface area contributed by atoms with E-state index < -0.39 is 5.60 Å². The summed E-state index contributed by atoms with van der Waals surface area (Å²) in [5.41, 5.74) is -0.459. The second-order valence-corrected chi connectivity index (χ2v) is 7.91. The zero-order chi connectivity index (χ0) is 17.7. The van der Waals surface area contributed by atoms with Crippen molar-refractivity contribution < 1.29 is 9.53 Å². The van der Waals surface area contributed by atoms with Crippen LogP contribution in [0.5, 0.6) is 0 Å². The number of nitrogens with zero attached hydrogens (tertiary/aromatic N) is 2. The van der Waals surface area contributed by atoms with Gasteiger partial charge in [-0.25, -0.2) is 4.79 Å². The summed E-state index contributed by atoms with van der Waals surface area (Å²) in [7, 11) is 0. The molecule has 0 aromatic heterocycles. The van der Waals surface area contributed by atoms with Crippen molar-refractivity contribution in [1.82, 2.24) is 15.5 Å². The van der Waals surface area contributed by atoms with Crippen LogP contribution in [0, 0.1) is 5.92 Å². The van der Waals surface area contributed by atoms with Gasteiger partial charge in [-0.1, -0.05) is 13.3 Å². The summed E-state index contributed by atoms with van der Waals surface area (Å²) in [4.78, 5) is 18.8. The molecule has 2 rings (SSSR count). The number of guanidine groups is 1. The number of ether oxygens (including phenoxy) is 1. The third-order valence-electron chi connectivity index (χ3n) is 4.41. The molecule has 1 saturated carbocycles. The number of carbonyl (C=O) groups excluding carboxylic acids is 1. The number of rotatable bonds is 5. The van der Waals surface area contributed by atoms with Gasteiger partial charge in [-0.05, 0) is 52.9 Å². The van der Waals surface area contributed by atoms with Crippen molar-refractivity contribution >= 4 is 36.0 Å². The van der Waals surface area contributed by atoms with Crippen LogP contribution in [-0.2, 0) is 4.74 Å². The number of aliphatic imine (C=N–C) groups is 1. The maximum atomic E-state index is 11.9. The number of alkyl carbamates (subject to hydrolysis) is 1. The second kappa shape index (κ2) is 9.83. The highest BCUT2D eigenvalue weighted by atomic mass is 127. The van der Waals surface area contributed by atoms with E-state index in [0.717, 1.165) is 37.9 Å².